The lowest BCUT2D eigenvalue weighted by molar-refractivity contribution is 0.567. The molecule has 1 N–H and O–H groups in total. The van der Waals surface area contributed by atoms with Crippen LogP contribution >= 0.6 is 0 Å². The predicted octanol–water partition coefficient (Wildman–Crippen LogP) is 0.925. The summed E-state index contributed by atoms with van der Waals surface area (Å²) in [5.41, 5.74) is 1.21. The van der Waals surface area contributed by atoms with Crippen molar-refractivity contribution < 1.29 is 0 Å². The third kappa shape index (κ3) is 3.16. The van der Waals surface area contributed by atoms with Gasteiger partial charge in [-0.15, -0.1) is 0 Å². The Morgan fingerprint density at radius 3 is 2.89 bits per heavy atom. The van der Waals surface area contributed by atoms with Crippen LogP contribution in [0.25, 0.3) is 0 Å². The second kappa shape index (κ2) is 5.77. The topological polar surface area (TPSA) is 60.6 Å². The smallest absolute Gasteiger partial charge is 0.151 e. The maximum atomic E-state index is 4.27. The van der Waals surface area contributed by atoms with Gasteiger partial charge in [0.1, 0.15) is 6.33 Å². The van der Waals surface area contributed by atoms with E-state index in [9.17, 15) is 0 Å². The van der Waals surface area contributed by atoms with Gasteiger partial charge in [-0.1, -0.05) is 0 Å². The standard InChI is InChI=1S/C12H20N6/c1-4-18-8-11(7-15-18)10(2)13-6-5-12-14-9-17(3)16-12/h7-10,13H,4-6H2,1-3H3. The first-order chi connectivity index (χ1) is 8.69. The third-order valence-electron chi connectivity index (χ3n) is 2.92. The number of aryl methyl sites for hydroxylation is 2. The van der Waals surface area contributed by atoms with Gasteiger partial charge in [-0.05, 0) is 13.8 Å². The number of hydrogen-bond acceptors (Lipinski definition) is 4. The minimum atomic E-state index is 0.300. The second-order valence-corrected chi connectivity index (χ2v) is 4.39. The van der Waals surface area contributed by atoms with Crippen LogP contribution in [0.1, 0.15) is 31.3 Å². The zero-order valence-electron chi connectivity index (χ0n) is 11.2. The van der Waals surface area contributed by atoms with E-state index < -0.39 is 0 Å². The van der Waals surface area contributed by atoms with Gasteiger partial charge in [-0.2, -0.15) is 10.2 Å². The summed E-state index contributed by atoms with van der Waals surface area (Å²) < 4.78 is 3.66. The first kappa shape index (κ1) is 12.8. The van der Waals surface area contributed by atoms with E-state index >= 15 is 0 Å². The molecule has 0 radical (unpaired) electrons. The molecule has 6 nitrogen and oxygen atoms in total. The fourth-order valence-electron chi connectivity index (χ4n) is 1.79. The molecule has 1 atom stereocenters. The monoisotopic (exact) mass is 248 g/mol. The highest BCUT2D eigenvalue weighted by atomic mass is 15.3. The number of rotatable bonds is 6. The van der Waals surface area contributed by atoms with E-state index in [1.807, 2.05) is 17.9 Å². The van der Waals surface area contributed by atoms with E-state index in [-0.39, 0.29) is 0 Å². The molecule has 2 heterocycles. The Labute approximate surface area is 107 Å². The highest BCUT2D eigenvalue weighted by molar-refractivity contribution is 5.09. The lowest BCUT2D eigenvalue weighted by atomic mass is 10.2. The summed E-state index contributed by atoms with van der Waals surface area (Å²) in [6.07, 6.45) is 6.56. The van der Waals surface area contributed by atoms with Crippen molar-refractivity contribution in [1.29, 1.82) is 0 Å². The molecule has 0 aliphatic carbocycles. The zero-order valence-corrected chi connectivity index (χ0v) is 11.2. The molecule has 18 heavy (non-hydrogen) atoms. The quantitative estimate of drug-likeness (QED) is 0.826. The third-order valence-corrected chi connectivity index (χ3v) is 2.92. The summed E-state index contributed by atoms with van der Waals surface area (Å²) in [4.78, 5) is 4.20. The van der Waals surface area contributed by atoms with E-state index in [4.69, 9.17) is 0 Å². The average molecular weight is 248 g/mol. The van der Waals surface area contributed by atoms with Crippen molar-refractivity contribution in [3.05, 3.63) is 30.1 Å². The molecule has 0 spiro atoms. The van der Waals surface area contributed by atoms with Gasteiger partial charge in [0.25, 0.3) is 0 Å². The maximum absolute atomic E-state index is 4.27. The van der Waals surface area contributed by atoms with Gasteiger partial charge in [-0.3, -0.25) is 9.36 Å². The van der Waals surface area contributed by atoms with E-state index in [0.29, 0.717) is 6.04 Å². The van der Waals surface area contributed by atoms with Crippen LogP contribution in [0.15, 0.2) is 18.7 Å². The summed E-state index contributed by atoms with van der Waals surface area (Å²) in [5.74, 6) is 0.876. The van der Waals surface area contributed by atoms with Crippen LogP contribution in [0.2, 0.25) is 0 Å². The predicted molar refractivity (Wildman–Crippen MR) is 69.0 cm³/mol. The molecule has 98 valence electrons. The minimum Gasteiger partial charge on any atom is -0.310 e. The van der Waals surface area contributed by atoms with Gasteiger partial charge < -0.3 is 5.32 Å². The van der Waals surface area contributed by atoms with E-state index in [1.165, 1.54) is 5.56 Å². The van der Waals surface area contributed by atoms with Gasteiger partial charge in [-0.25, -0.2) is 4.98 Å². The Kier molecular flexibility index (Phi) is 4.09. The Morgan fingerprint density at radius 1 is 1.44 bits per heavy atom. The Hall–Kier alpha value is -1.69. The molecule has 6 heteroatoms. The second-order valence-electron chi connectivity index (χ2n) is 4.39. The Morgan fingerprint density at radius 2 is 2.28 bits per heavy atom. The first-order valence-electron chi connectivity index (χ1n) is 6.29. The molecule has 0 saturated carbocycles. The zero-order chi connectivity index (χ0) is 13.0. The van der Waals surface area contributed by atoms with Crippen molar-refractivity contribution in [2.75, 3.05) is 6.54 Å². The van der Waals surface area contributed by atoms with Crippen LogP contribution in [0.5, 0.6) is 0 Å². The molecular weight excluding hydrogens is 228 g/mol. The van der Waals surface area contributed by atoms with Crippen LogP contribution in [0.3, 0.4) is 0 Å². The molecule has 2 rings (SSSR count). The van der Waals surface area contributed by atoms with Gasteiger partial charge in [0.2, 0.25) is 0 Å². The van der Waals surface area contributed by atoms with Gasteiger partial charge in [0, 0.05) is 44.4 Å². The lowest BCUT2D eigenvalue weighted by Crippen LogP contribution is -2.21. The van der Waals surface area contributed by atoms with Crippen LogP contribution < -0.4 is 5.32 Å². The number of nitrogens with one attached hydrogen (secondary N) is 1. The highest BCUT2D eigenvalue weighted by Gasteiger charge is 2.07. The van der Waals surface area contributed by atoms with Crippen LogP contribution in [0.4, 0.5) is 0 Å². The molecule has 0 aliphatic heterocycles. The van der Waals surface area contributed by atoms with Crippen molar-refractivity contribution in [3.63, 3.8) is 0 Å². The van der Waals surface area contributed by atoms with Crippen molar-refractivity contribution in [2.24, 2.45) is 7.05 Å². The van der Waals surface area contributed by atoms with Gasteiger partial charge in [0.15, 0.2) is 5.82 Å². The number of hydrogen-bond donors (Lipinski definition) is 1. The van der Waals surface area contributed by atoms with E-state index in [2.05, 4.69) is 40.5 Å². The summed E-state index contributed by atoms with van der Waals surface area (Å²) in [6, 6.07) is 0.300. The number of nitrogens with zero attached hydrogens (tertiary/aromatic N) is 5. The first-order valence-corrected chi connectivity index (χ1v) is 6.29. The largest absolute Gasteiger partial charge is 0.310 e. The van der Waals surface area contributed by atoms with Crippen molar-refractivity contribution in [3.8, 4) is 0 Å². The van der Waals surface area contributed by atoms with Crippen molar-refractivity contribution in [1.82, 2.24) is 29.9 Å². The van der Waals surface area contributed by atoms with Crippen LogP contribution in [-0.2, 0) is 20.0 Å². The van der Waals surface area contributed by atoms with Gasteiger partial charge >= 0.3 is 0 Å². The van der Waals surface area contributed by atoms with Crippen LogP contribution in [-0.4, -0.2) is 31.1 Å². The summed E-state index contributed by atoms with van der Waals surface area (Å²) in [5, 5.41) is 12.0. The lowest BCUT2D eigenvalue weighted by Gasteiger charge is -2.10. The Balaban J connectivity index is 1.79. The fourth-order valence-corrected chi connectivity index (χ4v) is 1.79. The van der Waals surface area contributed by atoms with Gasteiger partial charge in [0.05, 0.1) is 6.20 Å². The summed E-state index contributed by atoms with van der Waals surface area (Å²) in [7, 11) is 1.88. The molecule has 0 amide bonds. The molecule has 0 fully saturated rings. The average Bonchev–Trinajstić information content (AvgIpc) is 2.98. The molecule has 2 aromatic heterocycles. The van der Waals surface area contributed by atoms with Crippen LogP contribution in [0, 0.1) is 0 Å². The summed E-state index contributed by atoms with van der Waals surface area (Å²) in [6.45, 7) is 6.00. The fraction of sp³-hybridized carbons (Fsp3) is 0.583. The molecule has 1 unspecified atom stereocenters. The molecule has 0 aromatic carbocycles. The highest BCUT2D eigenvalue weighted by Crippen LogP contribution is 2.10. The SMILES string of the molecule is CCn1cc(C(C)NCCc2ncn(C)n2)cn1. The minimum absolute atomic E-state index is 0.300. The summed E-state index contributed by atoms with van der Waals surface area (Å²) >= 11 is 0. The van der Waals surface area contributed by atoms with Crippen molar-refractivity contribution in [2.45, 2.75) is 32.9 Å². The van der Waals surface area contributed by atoms with E-state index in [0.717, 1.165) is 25.3 Å². The number of aromatic nitrogens is 5. The molecule has 0 saturated heterocycles. The Bertz CT molecular complexity index is 486. The molecular formula is C12H20N6. The normalized spacial score (nSPS) is 12.8. The molecule has 2 aromatic rings. The van der Waals surface area contributed by atoms with Crippen molar-refractivity contribution >= 4 is 0 Å². The molecule has 0 bridgehead atoms. The molecule has 0 aliphatic rings. The maximum Gasteiger partial charge on any atom is 0.151 e. The van der Waals surface area contributed by atoms with E-state index in [1.54, 1.807) is 11.0 Å².